The minimum Gasteiger partial charge on any atom is -0.387 e. The van der Waals surface area contributed by atoms with E-state index < -0.39 is 0 Å². The Kier molecular flexibility index (Phi) is 1.66. The SMILES string of the molecule is CC1CC1c1cccc2c1CNC=C2. The number of fused-ring (bicyclic) bond motifs is 1. The molecule has 0 aromatic heterocycles. The van der Waals surface area contributed by atoms with Crippen molar-refractivity contribution < 1.29 is 0 Å². The van der Waals surface area contributed by atoms with Gasteiger partial charge in [0, 0.05) is 6.54 Å². The summed E-state index contributed by atoms with van der Waals surface area (Å²) in [6.07, 6.45) is 5.60. The van der Waals surface area contributed by atoms with Gasteiger partial charge in [-0.2, -0.15) is 0 Å². The molecular formula is C13H15N. The van der Waals surface area contributed by atoms with E-state index in [4.69, 9.17) is 0 Å². The molecule has 1 aliphatic carbocycles. The van der Waals surface area contributed by atoms with Gasteiger partial charge in [-0.1, -0.05) is 25.1 Å². The van der Waals surface area contributed by atoms with Crippen molar-refractivity contribution in [2.75, 3.05) is 0 Å². The number of rotatable bonds is 1. The van der Waals surface area contributed by atoms with Crippen LogP contribution < -0.4 is 5.32 Å². The van der Waals surface area contributed by atoms with Gasteiger partial charge in [-0.15, -0.1) is 0 Å². The minimum atomic E-state index is 0.832. The summed E-state index contributed by atoms with van der Waals surface area (Å²) in [5.74, 6) is 1.73. The first kappa shape index (κ1) is 8.10. The second kappa shape index (κ2) is 2.88. The van der Waals surface area contributed by atoms with Gasteiger partial charge in [-0.05, 0) is 47.2 Å². The lowest BCUT2D eigenvalue weighted by molar-refractivity contribution is 0.824. The van der Waals surface area contributed by atoms with Crippen LogP contribution in [0.3, 0.4) is 0 Å². The monoisotopic (exact) mass is 185 g/mol. The van der Waals surface area contributed by atoms with Crippen LogP contribution in [0.2, 0.25) is 0 Å². The lowest BCUT2D eigenvalue weighted by atomic mass is 9.95. The number of nitrogens with one attached hydrogen (secondary N) is 1. The highest BCUT2D eigenvalue weighted by molar-refractivity contribution is 5.58. The Labute approximate surface area is 84.8 Å². The summed E-state index contributed by atoms with van der Waals surface area (Å²) in [7, 11) is 0. The predicted molar refractivity (Wildman–Crippen MR) is 58.8 cm³/mol. The summed E-state index contributed by atoms with van der Waals surface area (Å²) in [5.41, 5.74) is 4.50. The molecule has 3 rings (SSSR count). The molecular weight excluding hydrogens is 170 g/mol. The molecule has 1 aromatic carbocycles. The lowest BCUT2D eigenvalue weighted by Gasteiger charge is -2.16. The summed E-state index contributed by atoms with van der Waals surface area (Å²) in [6.45, 7) is 3.35. The van der Waals surface area contributed by atoms with Crippen LogP contribution in [0.4, 0.5) is 0 Å². The fraction of sp³-hybridized carbons (Fsp3) is 0.385. The number of benzene rings is 1. The first-order valence-electron chi connectivity index (χ1n) is 5.38. The Hall–Kier alpha value is -1.24. The van der Waals surface area contributed by atoms with Crippen LogP contribution in [0.5, 0.6) is 0 Å². The first-order chi connectivity index (χ1) is 6.86. The van der Waals surface area contributed by atoms with Gasteiger partial charge in [0.2, 0.25) is 0 Å². The van der Waals surface area contributed by atoms with E-state index in [1.165, 1.54) is 17.5 Å². The third-order valence-electron chi connectivity index (χ3n) is 3.42. The van der Waals surface area contributed by atoms with E-state index in [2.05, 4.69) is 36.5 Å². The van der Waals surface area contributed by atoms with Gasteiger partial charge in [0.05, 0.1) is 0 Å². The van der Waals surface area contributed by atoms with Crippen molar-refractivity contribution in [1.29, 1.82) is 0 Å². The van der Waals surface area contributed by atoms with E-state index in [1.807, 2.05) is 6.20 Å². The maximum Gasteiger partial charge on any atom is 0.0404 e. The highest BCUT2D eigenvalue weighted by atomic mass is 14.8. The maximum absolute atomic E-state index is 3.30. The lowest BCUT2D eigenvalue weighted by Crippen LogP contribution is -2.12. The van der Waals surface area contributed by atoms with Crippen LogP contribution in [0.1, 0.15) is 36.0 Å². The fourth-order valence-corrected chi connectivity index (χ4v) is 2.40. The summed E-state index contributed by atoms with van der Waals surface area (Å²) in [4.78, 5) is 0. The van der Waals surface area contributed by atoms with Crippen LogP contribution in [-0.4, -0.2) is 0 Å². The van der Waals surface area contributed by atoms with Crippen molar-refractivity contribution >= 4 is 6.08 Å². The third kappa shape index (κ3) is 1.16. The zero-order valence-corrected chi connectivity index (χ0v) is 8.46. The van der Waals surface area contributed by atoms with Crippen molar-refractivity contribution in [3.05, 3.63) is 41.1 Å². The van der Waals surface area contributed by atoms with E-state index in [0.717, 1.165) is 18.4 Å². The largest absolute Gasteiger partial charge is 0.387 e. The van der Waals surface area contributed by atoms with Gasteiger partial charge in [0.1, 0.15) is 0 Å². The van der Waals surface area contributed by atoms with Crippen LogP contribution in [-0.2, 0) is 6.54 Å². The quantitative estimate of drug-likeness (QED) is 0.709. The summed E-state index contributed by atoms with van der Waals surface area (Å²) >= 11 is 0. The van der Waals surface area contributed by atoms with Gasteiger partial charge in [-0.25, -0.2) is 0 Å². The summed E-state index contributed by atoms with van der Waals surface area (Å²) < 4.78 is 0. The Morgan fingerprint density at radius 2 is 2.21 bits per heavy atom. The molecule has 0 saturated heterocycles. The van der Waals surface area contributed by atoms with Crippen LogP contribution in [0.15, 0.2) is 24.4 Å². The molecule has 0 radical (unpaired) electrons. The molecule has 72 valence electrons. The second-order valence-corrected chi connectivity index (χ2v) is 4.45. The minimum absolute atomic E-state index is 0.832. The molecule has 0 bridgehead atoms. The number of hydrogen-bond donors (Lipinski definition) is 1. The van der Waals surface area contributed by atoms with Gasteiger partial charge >= 0.3 is 0 Å². The zero-order chi connectivity index (χ0) is 9.54. The highest BCUT2D eigenvalue weighted by Gasteiger charge is 2.35. The molecule has 0 amide bonds. The summed E-state index contributed by atoms with van der Waals surface area (Å²) in [5, 5.41) is 3.30. The first-order valence-corrected chi connectivity index (χ1v) is 5.38. The molecule has 1 heteroatoms. The average Bonchev–Trinajstić information content (AvgIpc) is 2.95. The van der Waals surface area contributed by atoms with E-state index >= 15 is 0 Å². The molecule has 14 heavy (non-hydrogen) atoms. The van der Waals surface area contributed by atoms with Gasteiger partial charge in [-0.3, -0.25) is 0 Å². The molecule has 1 heterocycles. The number of hydrogen-bond acceptors (Lipinski definition) is 1. The molecule has 1 aromatic rings. The fourth-order valence-electron chi connectivity index (χ4n) is 2.40. The van der Waals surface area contributed by atoms with Gasteiger partial charge < -0.3 is 5.32 Å². The molecule has 2 aliphatic rings. The molecule has 1 aliphatic heterocycles. The molecule has 2 unspecified atom stereocenters. The van der Waals surface area contributed by atoms with Crippen molar-refractivity contribution in [3.63, 3.8) is 0 Å². The van der Waals surface area contributed by atoms with Crippen molar-refractivity contribution in [3.8, 4) is 0 Å². The van der Waals surface area contributed by atoms with Gasteiger partial charge in [0.25, 0.3) is 0 Å². The van der Waals surface area contributed by atoms with E-state index in [9.17, 15) is 0 Å². The Balaban J connectivity index is 2.08. The normalized spacial score (nSPS) is 28.1. The predicted octanol–water partition coefficient (Wildman–Crippen LogP) is 2.88. The van der Waals surface area contributed by atoms with Crippen LogP contribution in [0.25, 0.3) is 6.08 Å². The Bertz CT molecular complexity index is 392. The average molecular weight is 185 g/mol. The summed E-state index contributed by atoms with van der Waals surface area (Å²) in [6, 6.07) is 6.70. The molecule has 0 spiro atoms. The Morgan fingerprint density at radius 3 is 3.00 bits per heavy atom. The smallest absolute Gasteiger partial charge is 0.0404 e. The van der Waals surface area contributed by atoms with Crippen LogP contribution >= 0.6 is 0 Å². The third-order valence-corrected chi connectivity index (χ3v) is 3.42. The maximum atomic E-state index is 3.30. The van der Waals surface area contributed by atoms with Gasteiger partial charge in [0.15, 0.2) is 0 Å². The van der Waals surface area contributed by atoms with E-state index in [-0.39, 0.29) is 0 Å². The van der Waals surface area contributed by atoms with Crippen molar-refractivity contribution in [1.82, 2.24) is 5.32 Å². The molecule has 1 nitrogen and oxygen atoms in total. The topological polar surface area (TPSA) is 12.0 Å². The standard InChI is InChI=1S/C13H15N/c1-9-7-12(9)11-4-2-3-10-5-6-14-8-13(10)11/h2-6,9,12,14H,7-8H2,1H3. The molecule has 1 fully saturated rings. The molecule has 1 N–H and O–H groups in total. The van der Waals surface area contributed by atoms with Crippen LogP contribution in [0, 0.1) is 5.92 Å². The zero-order valence-electron chi connectivity index (χ0n) is 8.46. The van der Waals surface area contributed by atoms with Crippen molar-refractivity contribution in [2.24, 2.45) is 5.92 Å². The molecule has 1 saturated carbocycles. The van der Waals surface area contributed by atoms with Crippen molar-refractivity contribution in [2.45, 2.75) is 25.8 Å². The van der Waals surface area contributed by atoms with E-state index in [0.29, 0.717) is 0 Å². The molecule has 2 atom stereocenters. The highest BCUT2D eigenvalue weighted by Crippen LogP contribution is 2.48. The van der Waals surface area contributed by atoms with E-state index in [1.54, 1.807) is 5.56 Å². The second-order valence-electron chi connectivity index (χ2n) is 4.45. The Morgan fingerprint density at radius 1 is 1.36 bits per heavy atom.